The standard InChI is InChI=1S/C14H11F4N/c15-12-7-2-1-5-10(12)13-9(8-19)4-3-6-11(13)14(16,17)18/h1-7H,8,19H2. The van der Waals surface area contributed by atoms with Crippen LogP contribution >= 0.6 is 0 Å². The van der Waals surface area contributed by atoms with E-state index >= 15 is 0 Å². The maximum absolute atomic E-state index is 13.8. The molecule has 0 unspecified atom stereocenters. The van der Waals surface area contributed by atoms with Gasteiger partial charge >= 0.3 is 6.18 Å². The number of nitrogens with two attached hydrogens (primary N) is 1. The van der Waals surface area contributed by atoms with Crippen LogP contribution in [0.15, 0.2) is 42.5 Å². The smallest absolute Gasteiger partial charge is 0.326 e. The molecule has 0 aliphatic rings. The summed E-state index contributed by atoms with van der Waals surface area (Å²) in [5.74, 6) is -0.700. The molecule has 0 saturated heterocycles. The van der Waals surface area contributed by atoms with Crippen LogP contribution in [0.1, 0.15) is 11.1 Å². The second kappa shape index (κ2) is 5.01. The van der Waals surface area contributed by atoms with Crippen molar-refractivity contribution >= 4 is 0 Å². The van der Waals surface area contributed by atoms with Crippen LogP contribution in [0.4, 0.5) is 17.6 Å². The van der Waals surface area contributed by atoms with Gasteiger partial charge in [-0.2, -0.15) is 13.2 Å². The number of alkyl halides is 3. The second-order valence-electron chi connectivity index (χ2n) is 4.02. The van der Waals surface area contributed by atoms with Gasteiger partial charge in [-0.3, -0.25) is 0 Å². The average Bonchev–Trinajstić information content (AvgIpc) is 2.37. The molecule has 0 aliphatic heterocycles. The first-order valence-corrected chi connectivity index (χ1v) is 5.59. The van der Waals surface area contributed by atoms with Crippen molar-refractivity contribution in [1.29, 1.82) is 0 Å². The Bertz CT molecular complexity index is 590. The molecule has 0 heterocycles. The normalized spacial score (nSPS) is 11.6. The van der Waals surface area contributed by atoms with Crippen LogP contribution in [0.25, 0.3) is 11.1 Å². The van der Waals surface area contributed by atoms with Crippen LogP contribution in [0.2, 0.25) is 0 Å². The highest BCUT2D eigenvalue weighted by Crippen LogP contribution is 2.39. The molecule has 0 saturated carbocycles. The number of benzene rings is 2. The lowest BCUT2D eigenvalue weighted by molar-refractivity contribution is -0.137. The van der Waals surface area contributed by atoms with Crippen LogP contribution in [-0.4, -0.2) is 0 Å². The maximum Gasteiger partial charge on any atom is 0.417 e. The molecule has 2 aromatic rings. The van der Waals surface area contributed by atoms with Crippen molar-refractivity contribution in [2.75, 3.05) is 0 Å². The Balaban J connectivity index is 2.77. The zero-order valence-electron chi connectivity index (χ0n) is 9.84. The highest BCUT2D eigenvalue weighted by atomic mass is 19.4. The van der Waals surface area contributed by atoms with Gasteiger partial charge in [0.1, 0.15) is 5.82 Å². The third-order valence-corrected chi connectivity index (χ3v) is 2.82. The van der Waals surface area contributed by atoms with Crippen molar-refractivity contribution in [3.8, 4) is 11.1 Å². The van der Waals surface area contributed by atoms with Crippen molar-refractivity contribution in [2.24, 2.45) is 5.73 Å². The van der Waals surface area contributed by atoms with Crippen LogP contribution in [0.5, 0.6) is 0 Å². The molecule has 0 aromatic heterocycles. The summed E-state index contributed by atoms with van der Waals surface area (Å²) >= 11 is 0. The minimum Gasteiger partial charge on any atom is -0.326 e. The molecule has 5 heteroatoms. The first-order valence-electron chi connectivity index (χ1n) is 5.59. The van der Waals surface area contributed by atoms with Crippen molar-refractivity contribution < 1.29 is 17.6 Å². The predicted octanol–water partition coefficient (Wildman–Crippen LogP) is 3.97. The molecule has 0 spiro atoms. The second-order valence-corrected chi connectivity index (χ2v) is 4.02. The Morgan fingerprint density at radius 3 is 2.21 bits per heavy atom. The molecule has 0 amide bonds. The van der Waals surface area contributed by atoms with Crippen molar-refractivity contribution in [1.82, 2.24) is 0 Å². The van der Waals surface area contributed by atoms with Crippen LogP contribution in [0.3, 0.4) is 0 Å². The Hall–Kier alpha value is -1.88. The van der Waals surface area contributed by atoms with Gasteiger partial charge in [-0.05, 0) is 17.7 Å². The maximum atomic E-state index is 13.8. The molecular weight excluding hydrogens is 258 g/mol. The average molecular weight is 269 g/mol. The Kier molecular flexibility index (Phi) is 3.57. The zero-order valence-corrected chi connectivity index (χ0v) is 9.84. The molecule has 19 heavy (non-hydrogen) atoms. The fourth-order valence-corrected chi connectivity index (χ4v) is 1.99. The van der Waals surface area contributed by atoms with E-state index in [2.05, 4.69) is 0 Å². The molecule has 2 N–H and O–H groups in total. The molecule has 0 fully saturated rings. The summed E-state index contributed by atoms with van der Waals surface area (Å²) < 4.78 is 52.8. The van der Waals surface area contributed by atoms with E-state index in [0.717, 1.165) is 12.1 Å². The summed E-state index contributed by atoms with van der Waals surface area (Å²) in [6.07, 6.45) is -4.55. The fourth-order valence-electron chi connectivity index (χ4n) is 1.99. The summed E-state index contributed by atoms with van der Waals surface area (Å²) in [7, 11) is 0. The molecule has 1 nitrogen and oxygen atoms in total. The summed E-state index contributed by atoms with van der Waals surface area (Å²) in [5.41, 5.74) is 4.58. The monoisotopic (exact) mass is 269 g/mol. The number of halogens is 4. The van der Waals surface area contributed by atoms with E-state index in [-0.39, 0.29) is 23.2 Å². The lowest BCUT2D eigenvalue weighted by Gasteiger charge is -2.17. The summed E-state index contributed by atoms with van der Waals surface area (Å²) in [6.45, 7) is -0.0897. The van der Waals surface area contributed by atoms with Crippen molar-refractivity contribution in [3.63, 3.8) is 0 Å². The third kappa shape index (κ3) is 2.61. The largest absolute Gasteiger partial charge is 0.417 e. The highest BCUT2D eigenvalue weighted by molar-refractivity contribution is 5.72. The van der Waals surface area contributed by atoms with Crippen LogP contribution < -0.4 is 5.73 Å². The number of hydrogen-bond donors (Lipinski definition) is 1. The van der Waals surface area contributed by atoms with Gasteiger partial charge in [0.2, 0.25) is 0 Å². The quantitative estimate of drug-likeness (QED) is 0.820. The first kappa shape index (κ1) is 13.5. The molecule has 2 rings (SSSR count). The van der Waals surface area contributed by atoms with Gasteiger partial charge in [-0.25, -0.2) is 4.39 Å². The van der Waals surface area contributed by atoms with Gasteiger partial charge in [0.05, 0.1) is 5.56 Å². The van der Waals surface area contributed by atoms with Crippen LogP contribution in [0, 0.1) is 5.82 Å². The van der Waals surface area contributed by atoms with Gasteiger partial charge in [-0.15, -0.1) is 0 Å². The number of rotatable bonds is 2. The van der Waals surface area contributed by atoms with Crippen molar-refractivity contribution in [3.05, 3.63) is 59.4 Å². The molecule has 0 aliphatic carbocycles. The van der Waals surface area contributed by atoms with Gasteiger partial charge in [0.25, 0.3) is 0 Å². The summed E-state index contributed by atoms with van der Waals surface area (Å²) in [5, 5.41) is 0. The third-order valence-electron chi connectivity index (χ3n) is 2.82. The highest BCUT2D eigenvalue weighted by Gasteiger charge is 2.34. The number of hydrogen-bond acceptors (Lipinski definition) is 1. The molecule has 0 atom stereocenters. The minimum atomic E-state index is -4.55. The van der Waals surface area contributed by atoms with E-state index in [0.29, 0.717) is 0 Å². The fraction of sp³-hybridized carbons (Fsp3) is 0.143. The van der Waals surface area contributed by atoms with E-state index in [4.69, 9.17) is 5.73 Å². The lowest BCUT2D eigenvalue weighted by atomic mass is 9.93. The topological polar surface area (TPSA) is 26.0 Å². The van der Waals surface area contributed by atoms with Gasteiger partial charge in [0.15, 0.2) is 0 Å². The van der Waals surface area contributed by atoms with E-state index in [1.807, 2.05) is 0 Å². The van der Waals surface area contributed by atoms with E-state index < -0.39 is 17.6 Å². The zero-order chi connectivity index (χ0) is 14.0. The summed E-state index contributed by atoms with van der Waals surface area (Å²) in [6, 6.07) is 9.04. The Labute approximate surface area is 107 Å². The SMILES string of the molecule is NCc1cccc(C(F)(F)F)c1-c1ccccc1F. The van der Waals surface area contributed by atoms with E-state index in [1.165, 1.54) is 30.3 Å². The molecule has 0 bridgehead atoms. The molecule has 0 radical (unpaired) electrons. The van der Waals surface area contributed by atoms with Crippen molar-refractivity contribution in [2.45, 2.75) is 12.7 Å². The van der Waals surface area contributed by atoms with Gasteiger partial charge in [0, 0.05) is 17.7 Å². The molecular formula is C14H11F4N. The van der Waals surface area contributed by atoms with Gasteiger partial charge < -0.3 is 5.73 Å². The summed E-state index contributed by atoms with van der Waals surface area (Å²) in [4.78, 5) is 0. The molecule has 100 valence electrons. The minimum absolute atomic E-state index is 0.0872. The first-order chi connectivity index (χ1) is 8.95. The predicted molar refractivity (Wildman–Crippen MR) is 64.7 cm³/mol. The molecule has 2 aromatic carbocycles. The lowest BCUT2D eigenvalue weighted by Crippen LogP contribution is -2.11. The van der Waals surface area contributed by atoms with Crippen LogP contribution in [-0.2, 0) is 12.7 Å². The Morgan fingerprint density at radius 1 is 0.947 bits per heavy atom. The van der Waals surface area contributed by atoms with E-state index in [1.54, 1.807) is 0 Å². The van der Waals surface area contributed by atoms with E-state index in [9.17, 15) is 17.6 Å². The van der Waals surface area contributed by atoms with Gasteiger partial charge in [-0.1, -0.05) is 30.3 Å². The Morgan fingerprint density at radius 2 is 1.63 bits per heavy atom.